The number of aliphatic hydroxyl groups excluding tert-OH is 1. The highest BCUT2D eigenvalue weighted by Crippen LogP contribution is 2.20. The van der Waals surface area contributed by atoms with Crippen LogP contribution in [0.5, 0.6) is 5.75 Å². The molecule has 0 spiro atoms. The van der Waals surface area contributed by atoms with E-state index >= 15 is 0 Å². The molecular weight excluding hydrogens is 266 g/mol. The summed E-state index contributed by atoms with van der Waals surface area (Å²) in [5.74, 6) is 0.247. The highest BCUT2D eigenvalue weighted by atomic mass is 16.3. The molecule has 0 saturated heterocycles. The molecule has 1 heterocycles. The third-order valence-electron chi connectivity index (χ3n) is 3.27. The van der Waals surface area contributed by atoms with Gasteiger partial charge < -0.3 is 10.2 Å². The van der Waals surface area contributed by atoms with Crippen molar-refractivity contribution in [3.05, 3.63) is 65.9 Å². The van der Waals surface area contributed by atoms with Gasteiger partial charge in [-0.15, -0.1) is 5.10 Å². The fraction of sp³-hybridized carbons (Fsp3) is 0.125. The van der Waals surface area contributed by atoms with E-state index in [2.05, 4.69) is 10.3 Å². The molecule has 2 aromatic carbocycles. The lowest BCUT2D eigenvalue weighted by Crippen LogP contribution is -2.00. The Labute approximate surface area is 122 Å². The molecule has 0 saturated carbocycles. The molecule has 0 radical (unpaired) electrons. The van der Waals surface area contributed by atoms with Gasteiger partial charge in [-0.2, -0.15) is 0 Å². The van der Waals surface area contributed by atoms with Gasteiger partial charge in [0.05, 0.1) is 19.3 Å². The fourth-order valence-electron chi connectivity index (χ4n) is 2.16. The molecule has 106 valence electrons. The predicted molar refractivity (Wildman–Crippen MR) is 78.6 cm³/mol. The zero-order valence-corrected chi connectivity index (χ0v) is 11.3. The summed E-state index contributed by atoms with van der Waals surface area (Å²) in [6.07, 6.45) is 1.82. The Balaban J connectivity index is 1.85. The van der Waals surface area contributed by atoms with Gasteiger partial charge in [-0.25, -0.2) is 4.68 Å². The van der Waals surface area contributed by atoms with Crippen molar-refractivity contribution in [2.45, 2.75) is 13.2 Å². The van der Waals surface area contributed by atoms with Crippen LogP contribution in [0.25, 0.3) is 11.3 Å². The number of phenolic OH excluding ortho intramolecular Hbond substituents is 1. The summed E-state index contributed by atoms with van der Waals surface area (Å²) in [6.45, 7) is 0.458. The largest absolute Gasteiger partial charge is 0.508 e. The topological polar surface area (TPSA) is 71.2 Å². The zero-order chi connectivity index (χ0) is 14.7. The van der Waals surface area contributed by atoms with Crippen molar-refractivity contribution in [1.82, 2.24) is 15.0 Å². The van der Waals surface area contributed by atoms with Crippen LogP contribution in [-0.4, -0.2) is 25.2 Å². The van der Waals surface area contributed by atoms with Crippen LogP contribution in [0.3, 0.4) is 0 Å². The van der Waals surface area contributed by atoms with Crippen molar-refractivity contribution in [2.75, 3.05) is 0 Å². The minimum Gasteiger partial charge on any atom is -0.508 e. The summed E-state index contributed by atoms with van der Waals surface area (Å²) in [5.41, 5.74) is 3.27. The van der Waals surface area contributed by atoms with Gasteiger partial charge in [0, 0.05) is 11.1 Å². The van der Waals surface area contributed by atoms with Crippen LogP contribution in [0.1, 0.15) is 11.1 Å². The van der Waals surface area contributed by atoms with E-state index in [0.29, 0.717) is 6.54 Å². The van der Waals surface area contributed by atoms with E-state index in [1.165, 1.54) is 0 Å². The highest BCUT2D eigenvalue weighted by Gasteiger charge is 2.06. The number of benzene rings is 2. The molecule has 0 aliphatic rings. The van der Waals surface area contributed by atoms with Gasteiger partial charge in [0.1, 0.15) is 11.4 Å². The first-order valence-electron chi connectivity index (χ1n) is 6.63. The molecule has 0 fully saturated rings. The quantitative estimate of drug-likeness (QED) is 0.769. The number of hydrogen-bond donors (Lipinski definition) is 2. The second kappa shape index (κ2) is 5.76. The Kier molecular flexibility index (Phi) is 3.66. The lowest BCUT2D eigenvalue weighted by Gasteiger charge is -2.03. The summed E-state index contributed by atoms with van der Waals surface area (Å²) in [5, 5.41) is 27.2. The summed E-state index contributed by atoms with van der Waals surface area (Å²) >= 11 is 0. The van der Waals surface area contributed by atoms with Crippen molar-refractivity contribution >= 4 is 0 Å². The average Bonchev–Trinajstić information content (AvgIpc) is 2.98. The molecule has 0 atom stereocenters. The molecule has 0 unspecified atom stereocenters. The van der Waals surface area contributed by atoms with E-state index in [1.54, 1.807) is 16.8 Å². The first kappa shape index (κ1) is 13.3. The van der Waals surface area contributed by atoms with E-state index in [0.717, 1.165) is 22.4 Å². The number of aromatic hydroxyl groups is 1. The van der Waals surface area contributed by atoms with Gasteiger partial charge in [0.15, 0.2) is 0 Å². The number of phenols is 1. The summed E-state index contributed by atoms with van der Waals surface area (Å²) in [7, 11) is 0. The number of hydrogen-bond acceptors (Lipinski definition) is 4. The van der Waals surface area contributed by atoms with Crippen LogP contribution in [-0.2, 0) is 13.2 Å². The lowest BCUT2D eigenvalue weighted by atomic mass is 10.1. The zero-order valence-electron chi connectivity index (χ0n) is 11.3. The first-order valence-corrected chi connectivity index (χ1v) is 6.63. The number of nitrogens with zero attached hydrogens (tertiary/aromatic N) is 3. The summed E-state index contributed by atoms with van der Waals surface area (Å²) < 4.78 is 1.68. The van der Waals surface area contributed by atoms with E-state index in [9.17, 15) is 10.2 Å². The third-order valence-corrected chi connectivity index (χ3v) is 3.27. The molecular formula is C16H15N3O2. The van der Waals surface area contributed by atoms with Gasteiger partial charge in [0.2, 0.25) is 0 Å². The number of aliphatic hydroxyl groups is 1. The maximum atomic E-state index is 9.77. The van der Waals surface area contributed by atoms with Crippen LogP contribution in [0.15, 0.2) is 54.7 Å². The van der Waals surface area contributed by atoms with Crippen molar-refractivity contribution < 1.29 is 10.2 Å². The second-order valence-electron chi connectivity index (χ2n) is 4.79. The van der Waals surface area contributed by atoms with Gasteiger partial charge in [-0.1, -0.05) is 41.6 Å². The molecule has 0 aliphatic heterocycles. The predicted octanol–water partition coefficient (Wildman–Crippen LogP) is 2.19. The van der Waals surface area contributed by atoms with Crippen LogP contribution in [0.4, 0.5) is 0 Å². The van der Waals surface area contributed by atoms with Crippen molar-refractivity contribution in [3.8, 4) is 17.0 Å². The third kappa shape index (κ3) is 2.93. The Hall–Kier alpha value is -2.66. The molecule has 5 nitrogen and oxygen atoms in total. The monoisotopic (exact) mass is 281 g/mol. The molecule has 3 rings (SSSR count). The molecule has 0 aliphatic carbocycles. The average molecular weight is 281 g/mol. The molecule has 1 aromatic heterocycles. The lowest BCUT2D eigenvalue weighted by molar-refractivity contribution is 0.282. The van der Waals surface area contributed by atoms with Crippen molar-refractivity contribution in [2.24, 2.45) is 0 Å². The van der Waals surface area contributed by atoms with Crippen LogP contribution in [0.2, 0.25) is 0 Å². The molecule has 0 bridgehead atoms. The normalized spacial score (nSPS) is 10.7. The second-order valence-corrected chi connectivity index (χ2v) is 4.79. The molecule has 5 heteroatoms. The fourth-order valence-corrected chi connectivity index (χ4v) is 2.16. The Morgan fingerprint density at radius 3 is 2.71 bits per heavy atom. The van der Waals surface area contributed by atoms with E-state index in [4.69, 9.17) is 0 Å². The Morgan fingerprint density at radius 2 is 1.90 bits per heavy atom. The van der Waals surface area contributed by atoms with Gasteiger partial charge in [-0.05, 0) is 17.7 Å². The molecule has 3 aromatic rings. The Bertz CT molecular complexity index is 753. The van der Waals surface area contributed by atoms with Crippen LogP contribution >= 0.6 is 0 Å². The highest BCUT2D eigenvalue weighted by molar-refractivity contribution is 5.58. The maximum absolute atomic E-state index is 9.77. The van der Waals surface area contributed by atoms with Crippen LogP contribution in [0, 0.1) is 0 Å². The van der Waals surface area contributed by atoms with E-state index < -0.39 is 0 Å². The van der Waals surface area contributed by atoms with Crippen molar-refractivity contribution in [3.63, 3.8) is 0 Å². The molecule has 0 amide bonds. The van der Waals surface area contributed by atoms with Crippen LogP contribution < -0.4 is 0 Å². The number of rotatable bonds is 4. The SMILES string of the molecule is OCc1cccc(-c2cn(Cc3ccccc3O)nn2)c1. The molecule has 2 N–H and O–H groups in total. The maximum Gasteiger partial charge on any atom is 0.120 e. The minimum atomic E-state index is -0.000134. The Morgan fingerprint density at radius 1 is 1.05 bits per heavy atom. The summed E-state index contributed by atoms with van der Waals surface area (Å²) in [4.78, 5) is 0. The van der Waals surface area contributed by atoms with E-state index in [1.807, 2.05) is 42.6 Å². The van der Waals surface area contributed by atoms with Gasteiger partial charge in [0.25, 0.3) is 0 Å². The smallest absolute Gasteiger partial charge is 0.120 e. The van der Waals surface area contributed by atoms with Gasteiger partial charge in [-0.3, -0.25) is 0 Å². The summed E-state index contributed by atoms with van der Waals surface area (Å²) in [6, 6.07) is 14.7. The number of aromatic nitrogens is 3. The standard InChI is InChI=1S/C16H15N3O2/c20-11-12-4-3-6-13(8-12)15-10-19(18-17-15)9-14-5-1-2-7-16(14)21/h1-8,10,20-21H,9,11H2. The molecule has 21 heavy (non-hydrogen) atoms. The van der Waals surface area contributed by atoms with Crippen molar-refractivity contribution in [1.29, 1.82) is 0 Å². The van der Waals surface area contributed by atoms with E-state index in [-0.39, 0.29) is 12.4 Å². The minimum absolute atomic E-state index is 0.000134. The first-order chi connectivity index (χ1) is 10.3. The van der Waals surface area contributed by atoms with Gasteiger partial charge >= 0.3 is 0 Å². The number of para-hydroxylation sites is 1.